The predicted molar refractivity (Wildman–Crippen MR) is 83.7 cm³/mol. The Morgan fingerprint density at radius 1 is 1.52 bits per heavy atom. The van der Waals surface area contributed by atoms with Gasteiger partial charge in [-0.3, -0.25) is 4.79 Å². The van der Waals surface area contributed by atoms with Crippen molar-refractivity contribution in [3.8, 4) is 0 Å². The molecule has 2 rings (SSSR count). The van der Waals surface area contributed by atoms with Crippen molar-refractivity contribution in [1.82, 2.24) is 10.2 Å². The number of nitrogens with two attached hydrogens (primary N) is 1. The number of rotatable bonds is 4. The van der Waals surface area contributed by atoms with E-state index < -0.39 is 11.5 Å². The summed E-state index contributed by atoms with van der Waals surface area (Å²) in [5.74, 6) is -1.24. The average molecular weight is 325 g/mol. The van der Waals surface area contributed by atoms with Crippen molar-refractivity contribution in [3.63, 3.8) is 0 Å². The first kappa shape index (κ1) is 18.7. The van der Waals surface area contributed by atoms with Crippen molar-refractivity contribution in [3.05, 3.63) is 24.3 Å². The van der Waals surface area contributed by atoms with Gasteiger partial charge < -0.3 is 25.8 Å². The van der Waals surface area contributed by atoms with Crippen molar-refractivity contribution < 1.29 is 24.2 Å². The maximum absolute atomic E-state index is 11.0. The Balaban J connectivity index is 0.000000238. The molecule has 0 spiro atoms. The number of carbonyl (C=O) groups is 3. The molecule has 2 amide bonds. The lowest BCUT2D eigenvalue weighted by atomic mass is 9.93. The summed E-state index contributed by atoms with van der Waals surface area (Å²) in [5.41, 5.74) is 4.29. The average Bonchev–Trinajstić information content (AvgIpc) is 2.78. The van der Waals surface area contributed by atoms with Gasteiger partial charge in [-0.05, 0) is 13.3 Å². The zero-order valence-electron chi connectivity index (χ0n) is 13.3. The van der Waals surface area contributed by atoms with Crippen molar-refractivity contribution in [2.24, 2.45) is 5.73 Å². The zero-order valence-corrected chi connectivity index (χ0v) is 13.3. The molecule has 0 saturated carbocycles. The molecule has 1 aliphatic carbocycles. The molecule has 2 unspecified atom stereocenters. The van der Waals surface area contributed by atoms with Crippen LogP contribution < -0.4 is 11.1 Å². The quantitative estimate of drug-likeness (QED) is 0.637. The standard InChI is InChI=1S/C8H14N2O3.C7H9NO2/c1-3-13-7(11)4-6-5-10(2)8(12)9-6;8-7(6(9)10)4-2-1-3-5-7/h6H,3-5H2,1-2H3,(H,9,12);1-4H,5,8H2,(H,9,10). The topological polar surface area (TPSA) is 122 Å². The molecule has 23 heavy (non-hydrogen) atoms. The first-order valence-electron chi connectivity index (χ1n) is 7.32. The highest BCUT2D eigenvalue weighted by atomic mass is 16.5. The predicted octanol–water partition coefficient (Wildman–Crippen LogP) is 0.248. The Morgan fingerprint density at radius 3 is 2.61 bits per heavy atom. The van der Waals surface area contributed by atoms with Crippen molar-refractivity contribution in [1.29, 1.82) is 0 Å². The van der Waals surface area contributed by atoms with Crippen LogP contribution in [0.5, 0.6) is 0 Å². The van der Waals surface area contributed by atoms with Crippen LogP contribution in [0.1, 0.15) is 19.8 Å². The summed E-state index contributed by atoms with van der Waals surface area (Å²) in [6.45, 7) is 2.71. The number of allylic oxidation sites excluding steroid dienone is 2. The molecule has 2 atom stereocenters. The van der Waals surface area contributed by atoms with Crippen molar-refractivity contribution in [2.75, 3.05) is 20.2 Å². The van der Waals surface area contributed by atoms with E-state index in [1.165, 1.54) is 6.08 Å². The van der Waals surface area contributed by atoms with Gasteiger partial charge in [-0.1, -0.05) is 24.3 Å². The molecule has 8 nitrogen and oxygen atoms in total. The minimum absolute atomic E-state index is 0.100. The van der Waals surface area contributed by atoms with E-state index in [-0.39, 0.29) is 24.5 Å². The Kier molecular flexibility index (Phi) is 6.77. The van der Waals surface area contributed by atoms with Gasteiger partial charge in [-0.2, -0.15) is 0 Å². The molecule has 2 aliphatic rings. The molecule has 0 aromatic rings. The maximum atomic E-state index is 11.0. The highest BCUT2D eigenvalue weighted by molar-refractivity contribution is 5.82. The highest BCUT2D eigenvalue weighted by Crippen LogP contribution is 2.13. The number of hydrogen-bond acceptors (Lipinski definition) is 5. The van der Waals surface area contributed by atoms with Crippen molar-refractivity contribution >= 4 is 18.0 Å². The minimum atomic E-state index is -1.17. The van der Waals surface area contributed by atoms with E-state index in [4.69, 9.17) is 15.6 Å². The van der Waals surface area contributed by atoms with Crippen LogP contribution in [0.3, 0.4) is 0 Å². The molecular formula is C15H23N3O5. The van der Waals surface area contributed by atoms with Crippen molar-refractivity contribution in [2.45, 2.75) is 31.3 Å². The smallest absolute Gasteiger partial charge is 0.328 e. The summed E-state index contributed by atoms with van der Waals surface area (Å²) in [5, 5.41) is 11.3. The van der Waals surface area contributed by atoms with Gasteiger partial charge in [0.2, 0.25) is 0 Å². The summed E-state index contributed by atoms with van der Waals surface area (Å²) in [4.78, 5) is 34.0. The number of esters is 1. The number of nitrogens with zero attached hydrogens (tertiary/aromatic N) is 1. The number of hydrogen-bond donors (Lipinski definition) is 3. The number of likely N-dealkylation sites (N-methyl/N-ethyl adjacent to an activating group) is 1. The molecule has 8 heteroatoms. The van der Waals surface area contributed by atoms with Gasteiger partial charge in [0.25, 0.3) is 0 Å². The summed E-state index contributed by atoms with van der Waals surface area (Å²) < 4.78 is 4.77. The lowest BCUT2D eigenvalue weighted by Crippen LogP contribution is -2.46. The third-order valence-corrected chi connectivity index (χ3v) is 3.38. The SMILES string of the molecule is CCOC(=O)CC1CN(C)C(=O)N1.NC1(C(=O)O)C=CC=CC1. The van der Waals surface area contributed by atoms with Gasteiger partial charge >= 0.3 is 18.0 Å². The second kappa shape index (κ2) is 8.33. The fraction of sp³-hybridized carbons (Fsp3) is 0.533. The van der Waals surface area contributed by atoms with E-state index in [9.17, 15) is 14.4 Å². The molecule has 4 N–H and O–H groups in total. The van der Waals surface area contributed by atoms with Crippen LogP contribution in [0.15, 0.2) is 24.3 Å². The number of carboxylic acid groups (broad SMARTS) is 1. The van der Waals surface area contributed by atoms with Gasteiger partial charge in [-0.15, -0.1) is 0 Å². The maximum Gasteiger partial charge on any atom is 0.328 e. The number of carboxylic acids is 1. The molecule has 1 aliphatic heterocycles. The Bertz CT molecular complexity index is 517. The van der Waals surface area contributed by atoms with E-state index in [2.05, 4.69) is 5.32 Å². The Hall–Kier alpha value is -2.35. The Labute approximate surface area is 135 Å². The van der Waals surface area contributed by atoms with Gasteiger partial charge in [0.05, 0.1) is 19.1 Å². The molecule has 128 valence electrons. The first-order chi connectivity index (χ1) is 10.8. The zero-order chi connectivity index (χ0) is 17.5. The van der Waals surface area contributed by atoms with Crippen LogP contribution in [-0.4, -0.2) is 59.8 Å². The normalized spacial score (nSPS) is 25.4. The van der Waals surface area contributed by atoms with Crippen LogP contribution in [0.2, 0.25) is 0 Å². The monoisotopic (exact) mass is 325 g/mol. The lowest BCUT2D eigenvalue weighted by molar-refractivity contribution is -0.143. The second-order valence-corrected chi connectivity index (χ2v) is 5.37. The van der Waals surface area contributed by atoms with E-state index in [1.54, 1.807) is 37.1 Å². The Morgan fingerprint density at radius 2 is 2.22 bits per heavy atom. The fourth-order valence-electron chi connectivity index (χ4n) is 2.08. The van der Waals surface area contributed by atoms with E-state index in [0.717, 1.165) is 0 Å². The van der Waals surface area contributed by atoms with E-state index in [0.29, 0.717) is 19.6 Å². The number of urea groups is 1. The van der Waals surface area contributed by atoms with Crippen LogP contribution in [0.4, 0.5) is 4.79 Å². The number of amides is 2. The molecule has 0 radical (unpaired) electrons. The van der Waals surface area contributed by atoms with Gasteiger partial charge in [0, 0.05) is 13.6 Å². The summed E-state index contributed by atoms with van der Waals surface area (Å²) in [6, 6.07) is -0.231. The molecule has 0 aromatic carbocycles. The number of aliphatic carboxylic acids is 1. The summed E-state index contributed by atoms with van der Waals surface area (Å²) >= 11 is 0. The molecule has 0 bridgehead atoms. The van der Waals surface area contributed by atoms with Crippen LogP contribution in [0, 0.1) is 0 Å². The molecule has 1 fully saturated rings. The highest BCUT2D eigenvalue weighted by Gasteiger charge is 2.30. The molecular weight excluding hydrogens is 302 g/mol. The summed E-state index contributed by atoms with van der Waals surface area (Å²) in [7, 11) is 1.69. The number of ether oxygens (including phenoxy) is 1. The van der Waals surface area contributed by atoms with Crippen LogP contribution >= 0.6 is 0 Å². The third kappa shape index (κ3) is 5.74. The molecule has 0 aromatic heterocycles. The number of carbonyl (C=O) groups excluding carboxylic acids is 2. The van der Waals surface area contributed by atoms with Gasteiger partial charge in [0.15, 0.2) is 0 Å². The first-order valence-corrected chi connectivity index (χ1v) is 7.32. The van der Waals surface area contributed by atoms with E-state index >= 15 is 0 Å². The van der Waals surface area contributed by atoms with Crippen LogP contribution in [0.25, 0.3) is 0 Å². The number of nitrogens with one attached hydrogen (secondary N) is 1. The molecule has 1 heterocycles. The van der Waals surface area contributed by atoms with Gasteiger partial charge in [-0.25, -0.2) is 9.59 Å². The van der Waals surface area contributed by atoms with E-state index in [1.807, 2.05) is 0 Å². The fourth-order valence-corrected chi connectivity index (χ4v) is 2.08. The van der Waals surface area contributed by atoms with Crippen LogP contribution in [-0.2, 0) is 14.3 Å². The molecule has 1 saturated heterocycles. The van der Waals surface area contributed by atoms with Gasteiger partial charge in [0.1, 0.15) is 5.54 Å². The third-order valence-electron chi connectivity index (χ3n) is 3.38. The second-order valence-electron chi connectivity index (χ2n) is 5.37. The summed E-state index contributed by atoms with van der Waals surface area (Å²) in [6.07, 6.45) is 7.30. The largest absolute Gasteiger partial charge is 0.480 e. The lowest BCUT2D eigenvalue weighted by Gasteiger charge is -2.20. The minimum Gasteiger partial charge on any atom is -0.480 e.